The fraction of sp³-hybridized carbons (Fsp3) is 0.0714. The highest BCUT2D eigenvalue weighted by molar-refractivity contribution is 8.26. The number of halogens is 1. The lowest BCUT2D eigenvalue weighted by Crippen LogP contribution is -2.33. The van der Waals surface area contributed by atoms with Crippen molar-refractivity contribution in [3.8, 4) is 22.7 Å². The van der Waals surface area contributed by atoms with Crippen LogP contribution < -0.4 is 4.74 Å². The van der Waals surface area contributed by atoms with E-state index >= 15 is 0 Å². The summed E-state index contributed by atoms with van der Waals surface area (Å²) in [6, 6.07) is 24.6. The zero-order valence-corrected chi connectivity index (χ0v) is 22.2. The summed E-state index contributed by atoms with van der Waals surface area (Å²) < 4.78 is 7.86. The van der Waals surface area contributed by atoms with Crippen molar-refractivity contribution in [2.24, 2.45) is 0 Å². The maximum atomic E-state index is 12.9. The fourth-order valence-corrected chi connectivity index (χ4v) is 5.17. The Morgan fingerprint density at radius 1 is 1.05 bits per heavy atom. The van der Waals surface area contributed by atoms with E-state index in [0.717, 1.165) is 33.5 Å². The lowest BCUT2D eigenvalue weighted by molar-refractivity contribution is -0.140. The van der Waals surface area contributed by atoms with Crippen molar-refractivity contribution in [3.63, 3.8) is 0 Å². The van der Waals surface area contributed by atoms with Crippen LogP contribution in [0.25, 0.3) is 23.0 Å². The molecule has 0 aliphatic carbocycles. The van der Waals surface area contributed by atoms with Crippen LogP contribution in [0.4, 0.5) is 0 Å². The second kappa shape index (κ2) is 11.2. The lowest BCUT2D eigenvalue weighted by atomic mass is 10.1. The summed E-state index contributed by atoms with van der Waals surface area (Å²) in [7, 11) is 0. The number of rotatable bonds is 8. The van der Waals surface area contributed by atoms with Crippen molar-refractivity contribution in [3.05, 3.63) is 106 Å². The SMILES string of the molecule is O=C(O)CN1C(=O)C(=Cc2cn(-c3ccccc3)nc2-c2ccc(OCc3ccc(Cl)cc3)cc2)SC1=S. The average Bonchev–Trinajstić information content (AvgIpc) is 3.45. The molecule has 7 nitrogen and oxygen atoms in total. The van der Waals surface area contributed by atoms with Gasteiger partial charge in [0.15, 0.2) is 0 Å². The molecule has 1 aliphatic heterocycles. The zero-order valence-electron chi connectivity index (χ0n) is 19.8. The van der Waals surface area contributed by atoms with Gasteiger partial charge in [-0.3, -0.25) is 14.5 Å². The molecular weight excluding hydrogens is 542 g/mol. The van der Waals surface area contributed by atoms with Gasteiger partial charge in [-0.1, -0.05) is 65.9 Å². The number of hydrogen-bond donors (Lipinski definition) is 1. The molecule has 0 unspecified atom stereocenters. The van der Waals surface area contributed by atoms with Gasteiger partial charge in [0.25, 0.3) is 5.91 Å². The predicted molar refractivity (Wildman–Crippen MR) is 152 cm³/mol. The van der Waals surface area contributed by atoms with E-state index in [4.69, 9.17) is 38.8 Å². The number of thioether (sulfide) groups is 1. The first-order valence-corrected chi connectivity index (χ1v) is 13.1. The van der Waals surface area contributed by atoms with E-state index in [2.05, 4.69) is 0 Å². The van der Waals surface area contributed by atoms with Crippen molar-refractivity contribution in [2.45, 2.75) is 6.61 Å². The van der Waals surface area contributed by atoms with Crippen LogP contribution in [-0.2, 0) is 16.2 Å². The summed E-state index contributed by atoms with van der Waals surface area (Å²) in [5, 5.41) is 14.6. The van der Waals surface area contributed by atoms with Gasteiger partial charge in [-0.25, -0.2) is 4.68 Å². The zero-order chi connectivity index (χ0) is 26.6. The molecule has 38 heavy (non-hydrogen) atoms. The number of benzene rings is 3. The van der Waals surface area contributed by atoms with Crippen molar-refractivity contribution >= 4 is 57.9 Å². The molecule has 3 aromatic carbocycles. The molecule has 4 aromatic rings. The number of amides is 1. The van der Waals surface area contributed by atoms with Gasteiger partial charge in [-0.2, -0.15) is 5.10 Å². The Kier molecular flexibility index (Phi) is 7.59. The van der Waals surface area contributed by atoms with E-state index in [-0.39, 0.29) is 4.32 Å². The first-order chi connectivity index (χ1) is 18.4. The smallest absolute Gasteiger partial charge is 0.323 e. The number of carboxylic acids is 1. The van der Waals surface area contributed by atoms with E-state index in [1.54, 1.807) is 10.8 Å². The van der Waals surface area contributed by atoms with Gasteiger partial charge in [-0.05, 0) is 60.2 Å². The maximum absolute atomic E-state index is 12.9. The Bertz CT molecular complexity index is 1530. The minimum Gasteiger partial charge on any atom is -0.489 e. The van der Waals surface area contributed by atoms with Gasteiger partial charge in [0.2, 0.25) is 0 Å². The molecule has 1 amide bonds. The summed E-state index contributed by atoms with van der Waals surface area (Å²) in [6.07, 6.45) is 3.53. The Morgan fingerprint density at radius 3 is 2.45 bits per heavy atom. The van der Waals surface area contributed by atoms with Crippen molar-refractivity contribution < 1.29 is 19.4 Å². The Labute approximate surface area is 233 Å². The highest BCUT2D eigenvalue weighted by Gasteiger charge is 2.33. The van der Waals surface area contributed by atoms with Crippen molar-refractivity contribution in [2.75, 3.05) is 6.54 Å². The largest absolute Gasteiger partial charge is 0.489 e. The van der Waals surface area contributed by atoms with Crippen LogP contribution in [0.5, 0.6) is 5.75 Å². The second-order valence-electron chi connectivity index (χ2n) is 8.31. The minimum absolute atomic E-state index is 0.211. The number of thiocarbonyl (C=S) groups is 1. The number of aromatic nitrogens is 2. The van der Waals surface area contributed by atoms with E-state index in [0.29, 0.717) is 33.5 Å². The Hall–Kier alpha value is -3.92. The van der Waals surface area contributed by atoms with Crippen molar-refractivity contribution in [1.82, 2.24) is 14.7 Å². The first-order valence-electron chi connectivity index (χ1n) is 11.5. The number of carboxylic acid groups (broad SMARTS) is 1. The molecule has 1 N–H and O–H groups in total. The number of carbonyl (C=O) groups is 2. The van der Waals surface area contributed by atoms with Crippen LogP contribution in [0.2, 0.25) is 5.02 Å². The minimum atomic E-state index is -1.13. The molecule has 1 aromatic heterocycles. The number of aliphatic carboxylic acids is 1. The normalized spacial score (nSPS) is 14.3. The predicted octanol–water partition coefficient (Wildman–Crippen LogP) is 6.06. The van der Waals surface area contributed by atoms with Crippen LogP contribution in [-0.4, -0.2) is 42.5 Å². The summed E-state index contributed by atoms with van der Waals surface area (Å²) in [4.78, 5) is 25.5. The Balaban J connectivity index is 1.44. The summed E-state index contributed by atoms with van der Waals surface area (Å²) in [5.74, 6) is -0.868. The molecule has 1 aliphatic rings. The molecule has 1 saturated heterocycles. The summed E-state index contributed by atoms with van der Waals surface area (Å²) in [5.41, 5.74) is 4.03. The van der Waals surface area contributed by atoms with Crippen LogP contribution in [0.1, 0.15) is 11.1 Å². The van der Waals surface area contributed by atoms with Crippen LogP contribution in [0.3, 0.4) is 0 Å². The van der Waals surface area contributed by atoms with Gasteiger partial charge < -0.3 is 9.84 Å². The fourth-order valence-electron chi connectivity index (χ4n) is 3.80. The van der Waals surface area contributed by atoms with Gasteiger partial charge in [-0.15, -0.1) is 0 Å². The molecule has 5 rings (SSSR count). The van der Waals surface area contributed by atoms with Crippen LogP contribution in [0.15, 0.2) is 90.0 Å². The van der Waals surface area contributed by atoms with E-state index in [1.165, 1.54) is 0 Å². The number of ether oxygens (including phenoxy) is 1. The summed E-state index contributed by atoms with van der Waals surface area (Å²) >= 11 is 12.3. The monoisotopic (exact) mass is 561 g/mol. The summed E-state index contributed by atoms with van der Waals surface area (Å²) in [6.45, 7) is -0.0712. The third kappa shape index (κ3) is 5.80. The van der Waals surface area contributed by atoms with Crippen molar-refractivity contribution in [1.29, 1.82) is 0 Å². The molecule has 190 valence electrons. The molecule has 0 bridgehead atoms. The highest BCUT2D eigenvalue weighted by atomic mass is 35.5. The topological polar surface area (TPSA) is 84.7 Å². The molecule has 0 atom stereocenters. The molecule has 0 radical (unpaired) electrons. The van der Waals surface area contributed by atoms with Gasteiger partial charge in [0.05, 0.1) is 16.3 Å². The standard InChI is InChI=1S/C28H20ClN3O4S2/c29-21-10-6-18(7-11-21)17-36-23-12-8-19(9-13-23)26-20(15-32(30-26)22-4-2-1-3-5-22)14-24-27(35)31(16-25(33)34)28(37)38-24/h1-15H,16-17H2,(H,33,34). The number of para-hydroxylation sites is 1. The second-order valence-corrected chi connectivity index (χ2v) is 10.4. The van der Waals surface area contributed by atoms with Gasteiger partial charge in [0.1, 0.15) is 23.2 Å². The van der Waals surface area contributed by atoms with E-state index < -0.39 is 18.4 Å². The van der Waals surface area contributed by atoms with E-state index in [9.17, 15) is 9.59 Å². The molecule has 0 spiro atoms. The quantitative estimate of drug-likeness (QED) is 0.207. The van der Waals surface area contributed by atoms with Gasteiger partial charge in [0, 0.05) is 22.3 Å². The van der Waals surface area contributed by atoms with Crippen LogP contribution >= 0.6 is 35.6 Å². The molecule has 1 fully saturated rings. The number of carbonyl (C=O) groups excluding carboxylic acids is 1. The Morgan fingerprint density at radius 2 is 1.76 bits per heavy atom. The average molecular weight is 562 g/mol. The highest BCUT2D eigenvalue weighted by Crippen LogP contribution is 2.35. The lowest BCUT2D eigenvalue weighted by Gasteiger charge is -2.10. The molecule has 2 heterocycles. The molecule has 0 saturated carbocycles. The first kappa shape index (κ1) is 25.7. The van der Waals surface area contributed by atoms with E-state index in [1.807, 2.05) is 85.1 Å². The molecule has 10 heteroatoms. The third-order valence-electron chi connectivity index (χ3n) is 5.66. The maximum Gasteiger partial charge on any atom is 0.323 e. The molecular formula is C28H20ClN3O4S2. The van der Waals surface area contributed by atoms with Gasteiger partial charge >= 0.3 is 5.97 Å². The van der Waals surface area contributed by atoms with Crippen LogP contribution in [0, 0.1) is 0 Å². The third-order valence-corrected chi connectivity index (χ3v) is 7.29. The number of hydrogen-bond acceptors (Lipinski definition) is 6. The number of nitrogens with zero attached hydrogens (tertiary/aromatic N) is 3.